The summed E-state index contributed by atoms with van der Waals surface area (Å²) in [5, 5.41) is 2.91. The molecule has 9 heteroatoms. The minimum atomic E-state index is -4.50. The van der Waals surface area contributed by atoms with Gasteiger partial charge in [-0.2, -0.15) is 13.2 Å². The van der Waals surface area contributed by atoms with E-state index in [1.807, 2.05) is 24.3 Å². The van der Waals surface area contributed by atoms with Crippen LogP contribution >= 0.6 is 0 Å². The Kier molecular flexibility index (Phi) is 6.99. The van der Waals surface area contributed by atoms with Crippen molar-refractivity contribution in [2.45, 2.75) is 25.7 Å². The third-order valence-electron chi connectivity index (χ3n) is 6.05. The molecule has 2 amide bonds. The Bertz CT molecular complexity index is 1010. The van der Waals surface area contributed by atoms with Crippen molar-refractivity contribution in [1.82, 2.24) is 10.2 Å². The summed E-state index contributed by atoms with van der Waals surface area (Å²) in [6.45, 7) is 4.27. The lowest BCUT2D eigenvalue weighted by molar-refractivity contribution is -0.137. The molecule has 0 aliphatic carbocycles. The number of carbonyl (C=O) groups is 2. The van der Waals surface area contributed by atoms with E-state index in [0.29, 0.717) is 19.8 Å². The average Bonchev–Trinajstić information content (AvgIpc) is 3.20. The van der Waals surface area contributed by atoms with Gasteiger partial charge in [-0.3, -0.25) is 14.5 Å². The van der Waals surface area contributed by atoms with Gasteiger partial charge in [0.15, 0.2) is 0 Å². The van der Waals surface area contributed by atoms with Crippen LogP contribution in [0.2, 0.25) is 0 Å². The highest BCUT2D eigenvalue weighted by atomic mass is 19.4. The summed E-state index contributed by atoms with van der Waals surface area (Å²) in [7, 11) is 0. The molecule has 0 saturated carbocycles. The molecule has 2 aromatic carbocycles. The van der Waals surface area contributed by atoms with Crippen molar-refractivity contribution in [3.05, 3.63) is 65.2 Å². The molecule has 4 rings (SSSR count). The molecule has 2 fully saturated rings. The Morgan fingerprint density at radius 2 is 1.79 bits per heavy atom. The maximum absolute atomic E-state index is 13.0. The number of rotatable bonds is 6. The van der Waals surface area contributed by atoms with Crippen molar-refractivity contribution in [1.29, 1.82) is 0 Å². The number of benzene rings is 2. The highest BCUT2D eigenvalue weighted by Gasteiger charge is 2.36. The zero-order valence-electron chi connectivity index (χ0n) is 18.1. The maximum Gasteiger partial charge on any atom is 0.416 e. The molecule has 2 heterocycles. The topological polar surface area (TPSA) is 61.9 Å². The van der Waals surface area contributed by atoms with E-state index in [1.54, 1.807) is 0 Å². The van der Waals surface area contributed by atoms with Crippen molar-refractivity contribution in [3.63, 3.8) is 0 Å². The quantitative estimate of drug-likeness (QED) is 0.718. The van der Waals surface area contributed by atoms with Crippen LogP contribution < -0.4 is 10.2 Å². The summed E-state index contributed by atoms with van der Waals surface area (Å²) in [6, 6.07) is 12.5. The predicted octanol–water partition coefficient (Wildman–Crippen LogP) is 3.21. The summed E-state index contributed by atoms with van der Waals surface area (Å²) in [6.07, 6.45) is -4.53. The molecule has 176 valence electrons. The molecule has 33 heavy (non-hydrogen) atoms. The number of hydrogen-bond donors (Lipinski definition) is 1. The van der Waals surface area contributed by atoms with Crippen LogP contribution in [0.5, 0.6) is 0 Å². The molecule has 2 aliphatic rings. The molecule has 0 unspecified atom stereocenters. The van der Waals surface area contributed by atoms with Crippen molar-refractivity contribution in [2.75, 3.05) is 37.7 Å². The maximum atomic E-state index is 13.0. The van der Waals surface area contributed by atoms with E-state index in [9.17, 15) is 22.8 Å². The first-order chi connectivity index (χ1) is 15.8. The van der Waals surface area contributed by atoms with Gasteiger partial charge in [0.25, 0.3) is 0 Å². The van der Waals surface area contributed by atoms with Gasteiger partial charge < -0.3 is 15.0 Å². The first kappa shape index (κ1) is 23.3. The fourth-order valence-corrected chi connectivity index (χ4v) is 4.19. The number of carbonyl (C=O) groups excluding carboxylic acids is 2. The monoisotopic (exact) mass is 461 g/mol. The lowest BCUT2D eigenvalue weighted by Gasteiger charge is -2.27. The molecule has 0 radical (unpaired) electrons. The number of nitrogens with one attached hydrogen (secondary N) is 1. The van der Waals surface area contributed by atoms with Crippen molar-refractivity contribution < 1.29 is 27.5 Å². The number of amides is 2. The van der Waals surface area contributed by atoms with E-state index in [0.717, 1.165) is 42.9 Å². The standard InChI is InChI=1S/C24H26F3N3O3/c25-24(26,27)20-6-3-7-21(13-20)30-16-19(12-22(30)31)23(32)28-14-17-4-1-2-5-18(17)15-29-8-10-33-11-9-29/h1-7,13,19H,8-12,14-16H2,(H,28,32)/t19-/m0/s1. The Morgan fingerprint density at radius 3 is 2.52 bits per heavy atom. The van der Waals surface area contributed by atoms with Crippen LogP contribution in [0.25, 0.3) is 0 Å². The van der Waals surface area contributed by atoms with Gasteiger partial charge in [0.05, 0.1) is 24.7 Å². The van der Waals surface area contributed by atoms with E-state index in [1.165, 1.54) is 17.0 Å². The Labute approximate surface area is 190 Å². The van der Waals surface area contributed by atoms with Gasteiger partial charge in [-0.1, -0.05) is 30.3 Å². The molecule has 1 atom stereocenters. The molecule has 2 aliphatic heterocycles. The zero-order valence-corrected chi connectivity index (χ0v) is 18.1. The lowest BCUT2D eigenvalue weighted by atomic mass is 10.1. The number of nitrogens with zero attached hydrogens (tertiary/aromatic N) is 2. The Balaban J connectivity index is 1.37. The number of anilines is 1. The first-order valence-electron chi connectivity index (χ1n) is 10.9. The molecular formula is C24H26F3N3O3. The van der Waals surface area contributed by atoms with Crippen LogP contribution in [0.15, 0.2) is 48.5 Å². The summed E-state index contributed by atoms with van der Waals surface area (Å²) >= 11 is 0. The van der Waals surface area contributed by atoms with Crippen LogP contribution in [0.4, 0.5) is 18.9 Å². The number of alkyl halides is 3. The second-order valence-corrected chi connectivity index (χ2v) is 8.33. The zero-order chi connectivity index (χ0) is 23.4. The first-order valence-corrected chi connectivity index (χ1v) is 10.9. The van der Waals surface area contributed by atoms with Gasteiger partial charge >= 0.3 is 6.18 Å². The molecular weight excluding hydrogens is 435 g/mol. The van der Waals surface area contributed by atoms with Gasteiger partial charge in [0.2, 0.25) is 11.8 Å². The van der Waals surface area contributed by atoms with Gasteiger partial charge in [-0.25, -0.2) is 0 Å². The number of morpholine rings is 1. The second kappa shape index (κ2) is 9.93. The predicted molar refractivity (Wildman–Crippen MR) is 116 cm³/mol. The summed E-state index contributed by atoms with van der Waals surface area (Å²) in [4.78, 5) is 28.8. The Morgan fingerprint density at radius 1 is 1.06 bits per heavy atom. The smallest absolute Gasteiger partial charge is 0.379 e. The van der Waals surface area contributed by atoms with Gasteiger partial charge in [0, 0.05) is 44.8 Å². The van der Waals surface area contributed by atoms with Crippen molar-refractivity contribution >= 4 is 17.5 Å². The van der Waals surface area contributed by atoms with Crippen LogP contribution in [0, 0.1) is 5.92 Å². The fraction of sp³-hybridized carbons (Fsp3) is 0.417. The number of ether oxygens (including phenoxy) is 1. The summed E-state index contributed by atoms with van der Waals surface area (Å²) in [5.74, 6) is -1.25. The third-order valence-corrected chi connectivity index (χ3v) is 6.05. The number of hydrogen-bond acceptors (Lipinski definition) is 4. The SMILES string of the molecule is O=C(NCc1ccccc1CN1CCOCC1)[C@H]1CC(=O)N(c2cccc(C(F)(F)F)c2)C1. The van der Waals surface area contributed by atoms with Crippen molar-refractivity contribution in [3.8, 4) is 0 Å². The second-order valence-electron chi connectivity index (χ2n) is 8.33. The van der Waals surface area contributed by atoms with E-state index in [2.05, 4.69) is 10.2 Å². The van der Waals surface area contributed by atoms with Gasteiger partial charge in [-0.15, -0.1) is 0 Å². The third kappa shape index (κ3) is 5.72. The van der Waals surface area contributed by atoms with Crippen LogP contribution in [0.3, 0.4) is 0 Å². The summed E-state index contributed by atoms with van der Waals surface area (Å²) < 4.78 is 44.5. The highest BCUT2D eigenvalue weighted by Crippen LogP contribution is 2.33. The molecule has 2 saturated heterocycles. The van der Waals surface area contributed by atoms with Crippen molar-refractivity contribution in [2.24, 2.45) is 5.92 Å². The average molecular weight is 461 g/mol. The van der Waals surface area contributed by atoms with Crippen LogP contribution in [-0.4, -0.2) is 49.6 Å². The van der Waals surface area contributed by atoms with Crippen LogP contribution in [-0.2, 0) is 33.6 Å². The largest absolute Gasteiger partial charge is 0.416 e. The van der Waals surface area contributed by atoms with E-state index >= 15 is 0 Å². The lowest BCUT2D eigenvalue weighted by Crippen LogP contribution is -2.36. The summed E-state index contributed by atoms with van der Waals surface area (Å²) in [5.41, 5.74) is 1.45. The molecule has 0 bridgehead atoms. The van der Waals surface area contributed by atoms with E-state index in [-0.39, 0.29) is 30.5 Å². The molecule has 0 spiro atoms. The fourth-order valence-electron chi connectivity index (χ4n) is 4.19. The minimum Gasteiger partial charge on any atom is -0.379 e. The Hall–Kier alpha value is -2.91. The van der Waals surface area contributed by atoms with Gasteiger partial charge in [-0.05, 0) is 29.3 Å². The molecule has 1 N–H and O–H groups in total. The highest BCUT2D eigenvalue weighted by molar-refractivity contribution is 6.00. The molecule has 6 nitrogen and oxygen atoms in total. The van der Waals surface area contributed by atoms with Crippen LogP contribution in [0.1, 0.15) is 23.1 Å². The normalized spacial score (nSPS) is 19.7. The minimum absolute atomic E-state index is 0.0303. The molecule has 0 aromatic heterocycles. The van der Waals surface area contributed by atoms with E-state index in [4.69, 9.17) is 4.74 Å². The molecule has 2 aromatic rings. The van der Waals surface area contributed by atoms with Gasteiger partial charge in [0.1, 0.15) is 0 Å². The van der Waals surface area contributed by atoms with E-state index < -0.39 is 17.7 Å². The number of halogens is 3.